The molecule has 1 aromatic heterocycles. The highest BCUT2D eigenvalue weighted by molar-refractivity contribution is 5.96. The van der Waals surface area contributed by atoms with E-state index < -0.39 is 31.1 Å². The Balaban J connectivity index is 1.43. The van der Waals surface area contributed by atoms with E-state index in [2.05, 4.69) is 25.5 Å². The molecular weight excluding hydrogens is 508 g/mol. The minimum absolute atomic E-state index is 0.0152. The summed E-state index contributed by atoms with van der Waals surface area (Å²) in [6.45, 7) is 5.16. The maximum absolute atomic E-state index is 12.5. The first kappa shape index (κ1) is 21.6. The molecule has 40 heavy (non-hydrogen) atoms. The smallest absolute Gasteiger partial charge is 0.271 e. The Morgan fingerprint density at radius 1 is 1.15 bits per heavy atom. The van der Waals surface area contributed by atoms with E-state index in [1.165, 1.54) is 14.0 Å². The summed E-state index contributed by atoms with van der Waals surface area (Å²) in [6, 6.07) is 4.15. The number of piperazine rings is 1. The van der Waals surface area contributed by atoms with E-state index in [0.29, 0.717) is 56.3 Å². The van der Waals surface area contributed by atoms with Crippen LogP contribution in [-0.2, 0) is 11.1 Å². The summed E-state index contributed by atoms with van der Waals surface area (Å²) >= 11 is 0. The van der Waals surface area contributed by atoms with Crippen LogP contribution in [0.15, 0.2) is 18.2 Å². The largest absolute Gasteiger partial charge is 0.495 e. The first-order chi connectivity index (χ1) is 21.6. The third-order valence-electron chi connectivity index (χ3n) is 7.57. The van der Waals surface area contributed by atoms with E-state index >= 15 is 0 Å². The van der Waals surface area contributed by atoms with Crippen molar-refractivity contribution in [2.45, 2.75) is 51.0 Å². The van der Waals surface area contributed by atoms with Crippen molar-refractivity contribution in [3.8, 4) is 5.75 Å². The average Bonchev–Trinajstić information content (AvgIpc) is 2.96. The summed E-state index contributed by atoms with van der Waals surface area (Å²) in [4.78, 5) is 27.2. The molecule has 3 aliphatic heterocycles. The van der Waals surface area contributed by atoms with Gasteiger partial charge in [-0.15, -0.1) is 0 Å². The van der Waals surface area contributed by atoms with E-state index in [4.69, 9.17) is 23.4 Å². The van der Waals surface area contributed by atoms with Crippen LogP contribution in [0.1, 0.15) is 56.9 Å². The zero-order chi connectivity index (χ0) is 33.4. The molecule has 11 heteroatoms. The number of ether oxygens (including phenoxy) is 2. The first-order valence-electron chi connectivity index (χ1n) is 16.8. The number of hydrogen-bond acceptors (Lipinski definition) is 10. The van der Waals surface area contributed by atoms with Crippen LogP contribution in [0, 0.1) is 0 Å². The highest BCUT2D eigenvalue weighted by Gasteiger charge is 2.28. The lowest BCUT2D eigenvalue weighted by Gasteiger charge is -2.42. The molecule has 0 spiro atoms. The summed E-state index contributed by atoms with van der Waals surface area (Å²) in [7, 11) is 3.49. The molecule has 3 fully saturated rings. The Bertz CT molecular complexity index is 1400. The summed E-state index contributed by atoms with van der Waals surface area (Å²) < 4.78 is 63.5. The van der Waals surface area contributed by atoms with Crippen LogP contribution in [0.5, 0.6) is 5.75 Å². The highest BCUT2D eigenvalue weighted by atomic mass is 16.5. The van der Waals surface area contributed by atoms with Crippen LogP contribution < -0.4 is 26.0 Å². The van der Waals surface area contributed by atoms with Crippen molar-refractivity contribution < 1.29 is 22.5 Å². The minimum Gasteiger partial charge on any atom is -0.495 e. The standard InChI is InChI=1S/C29H44N8O3/c1-4-23-28(31-20-9-17-40-18-10-20)34-29(26(33-23)27(30)38)32-21-5-6-24(25(19-21)39-3)37-11-7-22(8-12-37)36-15-13-35(2)14-16-36/h5-6,19-20,22H,4,7-18H2,1-3H3,(H2,30,38)(H2,31,32,34)/i4D2,7D2,8D2. The number of likely N-dealkylation sites (N-methyl/N-ethyl adjacent to an activating group) is 1. The third kappa shape index (κ3) is 6.59. The van der Waals surface area contributed by atoms with Crippen molar-refractivity contribution in [3.05, 3.63) is 29.6 Å². The minimum atomic E-state index is -1.91. The topological polar surface area (TPSA) is 121 Å². The second-order valence-electron chi connectivity index (χ2n) is 10.3. The molecule has 0 unspecified atom stereocenters. The number of nitrogens with one attached hydrogen (secondary N) is 2. The summed E-state index contributed by atoms with van der Waals surface area (Å²) in [6.07, 6.45) is -4.19. The Labute approximate surface area is 245 Å². The molecule has 4 N–H and O–H groups in total. The number of anilines is 4. The maximum atomic E-state index is 12.5. The molecule has 0 aliphatic carbocycles. The fourth-order valence-electron chi connectivity index (χ4n) is 5.19. The van der Waals surface area contributed by atoms with E-state index in [9.17, 15) is 4.79 Å². The van der Waals surface area contributed by atoms with Crippen LogP contribution in [-0.4, -0.2) is 104 Å². The molecule has 0 radical (unpaired) electrons. The molecule has 5 rings (SSSR count). The van der Waals surface area contributed by atoms with Gasteiger partial charge in [0.05, 0.1) is 18.5 Å². The Morgan fingerprint density at radius 3 is 2.52 bits per heavy atom. The molecule has 1 amide bonds. The van der Waals surface area contributed by atoms with Crippen molar-refractivity contribution >= 4 is 28.9 Å². The van der Waals surface area contributed by atoms with Crippen LogP contribution in [0.25, 0.3) is 0 Å². The van der Waals surface area contributed by atoms with Crippen LogP contribution in [0.3, 0.4) is 0 Å². The first-order valence-corrected chi connectivity index (χ1v) is 13.8. The van der Waals surface area contributed by atoms with Gasteiger partial charge in [0.15, 0.2) is 17.3 Å². The molecule has 0 atom stereocenters. The number of benzene rings is 1. The number of primary amides is 1. The maximum Gasteiger partial charge on any atom is 0.271 e. The van der Waals surface area contributed by atoms with E-state index in [-0.39, 0.29) is 42.2 Å². The molecule has 1 aromatic carbocycles. The highest BCUT2D eigenvalue weighted by Crippen LogP contribution is 2.35. The van der Waals surface area contributed by atoms with Crippen LogP contribution in [0.4, 0.5) is 23.0 Å². The zero-order valence-corrected chi connectivity index (χ0v) is 23.5. The number of aryl methyl sites for hydroxylation is 1. The second kappa shape index (κ2) is 13.0. The molecular formula is C29H44N8O3. The quantitative estimate of drug-likeness (QED) is 0.424. The predicted octanol–water partition coefficient (Wildman–Crippen LogP) is 2.70. The summed E-state index contributed by atoms with van der Waals surface area (Å²) in [5, 5.41) is 6.36. The van der Waals surface area contributed by atoms with Gasteiger partial charge in [-0.1, -0.05) is 6.92 Å². The normalized spacial score (nSPS) is 25.0. The Morgan fingerprint density at radius 2 is 1.88 bits per heavy atom. The fourth-order valence-corrected chi connectivity index (χ4v) is 5.19. The predicted molar refractivity (Wildman–Crippen MR) is 158 cm³/mol. The Hall–Kier alpha value is -3.15. The van der Waals surface area contributed by atoms with E-state index in [0.717, 1.165) is 13.1 Å². The van der Waals surface area contributed by atoms with Gasteiger partial charge in [0.1, 0.15) is 5.75 Å². The van der Waals surface area contributed by atoms with Gasteiger partial charge < -0.3 is 35.6 Å². The average molecular weight is 559 g/mol. The van der Waals surface area contributed by atoms with Gasteiger partial charge >= 0.3 is 0 Å². The number of nitrogens with zero attached hydrogens (tertiary/aromatic N) is 5. The van der Waals surface area contributed by atoms with Gasteiger partial charge in [-0.05, 0) is 51.1 Å². The second-order valence-corrected chi connectivity index (χ2v) is 10.3. The van der Waals surface area contributed by atoms with Gasteiger partial charge in [-0.3, -0.25) is 9.69 Å². The molecule has 0 bridgehead atoms. The lowest BCUT2D eigenvalue weighted by molar-refractivity contribution is 0.0903. The molecule has 3 saturated heterocycles. The van der Waals surface area contributed by atoms with E-state index in [1.807, 2.05) is 11.9 Å². The number of aromatic nitrogens is 2. The van der Waals surface area contributed by atoms with Crippen LogP contribution >= 0.6 is 0 Å². The molecule has 3 aliphatic rings. The molecule has 11 nitrogen and oxygen atoms in total. The number of carbonyl (C=O) groups is 1. The third-order valence-corrected chi connectivity index (χ3v) is 7.57. The van der Waals surface area contributed by atoms with Crippen molar-refractivity contribution in [2.75, 3.05) is 82.2 Å². The van der Waals surface area contributed by atoms with Gasteiger partial charge in [0.25, 0.3) is 5.91 Å². The van der Waals surface area contributed by atoms with Crippen molar-refractivity contribution in [3.63, 3.8) is 0 Å². The number of rotatable bonds is 9. The lowest BCUT2D eigenvalue weighted by Crippen LogP contribution is -2.52. The molecule has 2 aromatic rings. The number of carbonyl (C=O) groups excluding carboxylic acids is 1. The van der Waals surface area contributed by atoms with Gasteiger partial charge in [-0.2, -0.15) is 0 Å². The molecule has 0 saturated carbocycles. The van der Waals surface area contributed by atoms with Crippen molar-refractivity contribution in [2.24, 2.45) is 5.73 Å². The number of amides is 1. The Kier molecular flexibility index (Phi) is 7.02. The summed E-state index contributed by atoms with van der Waals surface area (Å²) in [5.74, 6) is -0.284. The lowest BCUT2D eigenvalue weighted by atomic mass is 10.0. The number of hydrogen-bond donors (Lipinski definition) is 3. The van der Waals surface area contributed by atoms with Gasteiger partial charge in [0.2, 0.25) is 0 Å². The van der Waals surface area contributed by atoms with Crippen molar-refractivity contribution in [1.82, 2.24) is 19.8 Å². The monoisotopic (exact) mass is 558 g/mol. The van der Waals surface area contributed by atoms with Crippen LogP contribution in [0.2, 0.25) is 0 Å². The number of piperidine rings is 1. The van der Waals surface area contributed by atoms with Gasteiger partial charge in [0, 0.05) is 84.5 Å². The SMILES string of the molecule is [2H]C([2H])(C)c1nc(C(N)=O)c(Nc2ccc(N3CC([2H])([2H])C(N4CCN(C)CC4)C([2H])([2H])C3)c(OC)c2)nc1NC1CCOCC1. The molecule has 4 heterocycles. The summed E-state index contributed by atoms with van der Waals surface area (Å²) in [5.41, 5.74) is 6.39. The zero-order valence-electron chi connectivity index (χ0n) is 29.5. The van der Waals surface area contributed by atoms with Gasteiger partial charge in [-0.25, -0.2) is 9.97 Å². The fraction of sp³-hybridized carbons (Fsp3) is 0.621. The number of nitrogens with two attached hydrogens (primary N) is 1. The van der Waals surface area contributed by atoms with E-state index in [1.54, 1.807) is 23.1 Å². The van der Waals surface area contributed by atoms with Crippen molar-refractivity contribution in [1.29, 1.82) is 0 Å². The molecule has 218 valence electrons. The number of methoxy groups -OCH3 is 1.